The standard InChI is InChI=1S/C24H29Cl2NO5/c1-24(2,3)32-22(28)14-21(27-15-17-8-6-5-7-9-17)19-12-18(25)13-20(26)23(19)31-16-30-11-10-29-4/h5-9,12-13,15,21H,10-11,14,16H2,1-4H3/t21-/m0/s1. The predicted molar refractivity (Wildman–Crippen MR) is 127 cm³/mol. The van der Waals surface area contributed by atoms with Crippen molar-refractivity contribution in [3.8, 4) is 5.75 Å². The Labute approximate surface area is 199 Å². The summed E-state index contributed by atoms with van der Waals surface area (Å²) in [5.41, 5.74) is 0.835. The summed E-state index contributed by atoms with van der Waals surface area (Å²) in [4.78, 5) is 17.3. The number of hydrogen-bond acceptors (Lipinski definition) is 6. The molecule has 8 heteroatoms. The Morgan fingerprint density at radius 2 is 1.84 bits per heavy atom. The normalized spacial score (nSPS) is 12.7. The summed E-state index contributed by atoms with van der Waals surface area (Å²) in [6.45, 7) is 6.21. The van der Waals surface area contributed by atoms with E-state index in [2.05, 4.69) is 4.99 Å². The summed E-state index contributed by atoms with van der Waals surface area (Å²) < 4.78 is 21.7. The number of carbonyl (C=O) groups is 1. The largest absolute Gasteiger partial charge is 0.466 e. The number of methoxy groups -OCH3 is 1. The fourth-order valence-electron chi connectivity index (χ4n) is 2.78. The van der Waals surface area contributed by atoms with Crippen LogP contribution in [-0.2, 0) is 19.0 Å². The van der Waals surface area contributed by atoms with E-state index in [-0.39, 0.29) is 13.2 Å². The molecule has 0 saturated heterocycles. The van der Waals surface area contributed by atoms with E-state index < -0.39 is 17.6 Å². The fraction of sp³-hybridized carbons (Fsp3) is 0.417. The molecule has 0 spiro atoms. The highest BCUT2D eigenvalue weighted by Gasteiger charge is 2.25. The van der Waals surface area contributed by atoms with E-state index in [0.717, 1.165) is 5.56 Å². The van der Waals surface area contributed by atoms with Crippen molar-refractivity contribution in [2.24, 2.45) is 4.99 Å². The van der Waals surface area contributed by atoms with Gasteiger partial charge in [0.15, 0.2) is 6.79 Å². The summed E-state index contributed by atoms with van der Waals surface area (Å²) >= 11 is 12.7. The molecule has 2 aromatic carbocycles. The summed E-state index contributed by atoms with van der Waals surface area (Å²) in [6.07, 6.45) is 1.68. The van der Waals surface area contributed by atoms with Crippen molar-refractivity contribution in [1.29, 1.82) is 0 Å². The maximum absolute atomic E-state index is 12.6. The molecule has 174 valence electrons. The van der Waals surface area contributed by atoms with Gasteiger partial charge < -0.3 is 18.9 Å². The molecule has 6 nitrogen and oxygen atoms in total. The second-order valence-corrected chi connectivity index (χ2v) is 8.81. The predicted octanol–water partition coefficient (Wildman–Crippen LogP) is 5.88. The third kappa shape index (κ3) is 9.17. The lowest BCUT2D eigenvalue weighted by Gasteiger charge is -2.22. The van der Waals surface area contributed by atoms with Crippen molar-refractivity contribution >= 4 is 35.4 Å². The number of nitrogens with zero attached hydrogens (tertiary/aromatic N) is 1. The van der Waals surface area contributed by atoms with Gasteiger partial charge in [-0.2, -0.15) is 0 Å². The van der Waals surface area contributed by atoms with Crippen molar-refractivity contribution in [2.45, 2.75) is 38.8 Å². The number of esters is 1. The van der Waals surface area contributed by atoms with Crippen LogP contribution in [0.3, 0.4) is 0 Å². The summed E-state index contributed by atoms with van der Waals surface area (Å²) in [5, 5.41) is 0.702. The molecule has 0 N–H and O–H groups in total. The van der Waals surface area contributed by atoms with Gasteiger partial charge in [0.05, 0.1) is 30.7 Å². The van der Waals surface area contributed by atoms with Gasteiger partial charge >= 0.3 is 5.97 Å². The Hall–Kier alpha value is -2.12. The van der Waals surface area contributed by atoms with E-state index in [1.165, 1.54) is 0 Å². The van der Waals surface area contributed by atoms with Crippen LogP contribution < -0.4 is 4.74 Å². The molecular formula is C24H29Cl2NO5. The van der Waals surface area contributed by atoms with Gasteiger partial charge in [-0.15, -0.1) is 0 Å². The first kappa shape index (κ1) is 26.1. The van der Waals surface area contributed by atoms with E-state index in [1.54, 1.807) is 25.5 Å². The summed E-state index contributed by atoms with van der Waals surface area (Å²) in [6, 6.07) is 12.2. The molecule has 0 aliphatic heterocycles. The lowest BCUT2D eigenvalue weighted by Crippen LogP contribution is -2.25. The Kier molecular flexibility index (Phi) is 10.5. The first-order valence-electron chi connectivity index (χ1n) is 10.2. The number of carbonyl (C=O) groups excluding carboxylic acids is 1. The third-order valence-corrected chi connectivity index (χ3v) is 4.60. The van der Waals surface area contributed by atoms with Gasteiger partial charge in [0, 0.05) is 23.9 Å². The molecule has 0 aromatic heterocycles. The monoisotopic (exact) mass is 481 g/mol. The number of rotatable bonds is 11. The van der Waals surface area contributed by atoms with Crippen molar-refractivity contribution in [2.75, 3.05) is 27.1 Å². The molecule has 2 aromatic rings. The molecule has 32 heavy (non-hydrogen) atoms. The quantitative estimate of drug-likeness (QED) is 0.173. The molecule has 0 unspecified atom stereocenters. The van der Waals surface area contributed by atoms with Crippen LogP contribution in [0.1, 0.15) is 44.4 Å². The van der Waals surface area contributed by atoms with Crippen molar-refractivity contribution in [3.63, 3.8) is 0 Å². The van der Waals surface area contributed by atoms with Gasteiger partial charge in [-0.3, -0.25) is 9.79 Å². The zero-order valence-electron chi connectivity index (χ0n) is 18.8. The first-order chi connectivity index (χ1) is 15.2. The number of aliphatic imine (C=N–C) groups is 1. The van der Waals surface area contributed by atoms with Gasteiger partial charge in [-0.05, 0) is 38.5 Å². The van der Waals surface area contributed by atoms with E-state index in [1.807, 2.05) is 51.1 Å². The third-order valence-electron chi connectivity index (χ3n) is 4.10. The maximum atomic E-state index is 12.6. The highest BCUT2D eigenvalue weighted by atomic mass is 35.5. The van der Waals surface area contributed by atoms with E-state index in [9.17, 15) is 4.79 Å². The SMILES string of the molecule is COCCOCOc1c(Cl)cc(Cl)cc1[C@H](CC(=O)OC(C)(C)C)N=Cc1ccccc1. The topological polar surface area (TPSA) is 66.4 Å². The van der Waals surface area contributed by atoms with E-state index in [0.29, 0.717) is 34.6 Å². The maximum Gasteiger partial charge on any atom is 0.308 e. The molecule has 0 heterocycles. The summed E-state index contributed by atoms with van der Waals surface area (Å²) in [5.74, 6) is -0.0432. The highest BCUT2D eigenvalue weighted by molar-refractivity contribution is 6.35. The minimum Gasteiger partial charge on any atom is -0.466 e. The molecule has 0 aliphatic carbocycles. The fourth-order valence-corrected chi connectivity index (χ4v) is 3.34. The first-order valence-corrected chi connectivity index (χ1v) is 10.9. The molecule has 0 bridgehead atoms. The molecule has 0 saturated carbocycles. The zero-order valence-corrected chi connectivity index (χ0v) is 20.3. The van der Waals surface area contributed by atoms with Gasteiger partial charge in [-0.25, -0.2) is 0 Å². The Balaban J connectivity index is 2.35. The lowest BCUT2D eigenvalue weighted by atomic mass is 10.0. The van der Waals surface area contributed by atoms with Crippen LogP contribution in [0.15, 0.2) is 47.5 Å². The molecule has 2 rings (SSSR count). The summed E-state index contributed by atoms with van der Waals surface area (Å²) in [7, 11) is 1.59. The van der Waals surface area contributed by atoms with Crippen LogP contribution in [0.25, 0.3) is 0 Å². The number of halogens is 2. The molecule has 1 atom stereocenters. The van der Waals surface area contributed by atoms with E-state index in [4.69, 9.17) is 42.1 Å². The molecule has 0 radical (unpaired) electrons. The second kappa shape index (κ2) is 12.8. The van der Waals surface area contributed by atoms with Crippen molar-refractivity contribution in [1.82, 2.24) is 0 Å². The van der Waals surface area contributed by atoms with Gasteiger partial charge in [-0.1, -0.05) is 53.5 Å². The van der Waals surface area contributed by atoms with Crippen LogP contribution in [0.4, 0.5) is 0 Å². The molecular weight excluding hydrogens is 453 g/mol. The smallest absolute Gasteiger partial charge is 0.308 e. The molecule has 0 fully saturated rings. The van der Waals surface area contributed by atoms with Crippen LogP contribution in [-0.4, -0.2) is 44.9 Å². The molecule has 0 aliphatic rings. The Morgan fingerprint density at radius 1 is 1.12 bits per heavy atom. The average molecular weight is 482 g/mol. The highest BCUT2D eigenvalue weighted by Crippen LogP contribution is 2.39. The Bertz CT molecular complexity index is 897. The van der Waals surface area contributed by atoms with Gasteiger partial charge in [0.1, 0.15) is 11.4 Å². The average Bonchev–Trinajstić information content (AvgIpc) is 2.71. The van der Waals surface area contributed by atoms with Crippen LogP contribution in [0, 0.1) is 0 Å². The molecule has 0 amide bonds. The minimum atomic E-state index is -0.629. The zero-order chi connectivity index (χ0) is 23.6. The van der Waals surface area contributed by atoms with Crippen molar-refractivity contribution in [3.05, 3.63) is 63.6 Å². The van der Waals surface area contributed by atoms with Crippen LogP contribution in [0.5, 0.6) is 5.75 Å². The Morgan fingerprint density at radius 3 is 2.50 bits per heavy atom. The second-order valence-electron chi connectivity index (χ2n) is 7.96. The van der Waals surface area contributed by atoms with Gasteiger partial charge in [0.25, 0.3) is 0 Å². The van der Waals surface area contributed by atoms with Crippen molar-refractivity contribution < 1.29 is 23.7 Å². The van der Waals surface area contributed by atoms with Gasteiger partial charge in [0.2, 0.25) is 0 Å². The number of ether oxygens (including phenoxy) is 4. The lowest BCUT2D eigenvalue weighted by molar-refractivity contribution is -0.155. The van der Waals surface area contributed by atoms with Crippen LogP contribution in [0.2, 0.25) is 10.0 Å². The minimum absolute atomic E-state index is 0.0157. The van der Waals surface area contributed by atoms with E-state index >= 15 is 0 Å². The van der Waals surface area contributed by atoms with Crippen LogP contribution >= 0.6 is 23.2 Å². The number of hydrogen-bond donors (Lipinski definition) is 0. The number of benzene rings is 2.